The third-order valence-electron chi connectivity index (χ3n) is 6.28. The number of carbonyl (C=O) groups is 2. The Morgan fingerprint density at radius 3 is 2.04 bits per heavy atom. The van der Waals surface area contributed by atoms with Gasteiger partial charge in [0.25, 0.3) is 0 Å². The van der Waals surface area contributed by atoms with E-state index in [1.807, 2.05) is 0 Å². The van der Waals surface area contributed by atoms with E-state index in [1.54, 1.807) is 49.4 Å². The zero-order chi connectivity index (χ0) is 33.4. The number of carboxylic acids is 1. The van der Waals surface area contributed by atoms with Crippen LogP contribution in [0.2, 0.25) is 10.0 Å². The van der Waals surface area contributed by atoms with Crippen molar-refractivity contribution in [1.29, 1.82) is 0 Å². The van der Waals surface area contributed by atoms with Gasteiger partial charge in [-0.1, -0.05) is 47.5 Å². The quantitative estimate of drug-likeness (QED) is 0.0939. The van der Waals surface area contributed by atoms with Crippen LogP contribution < -0.4 is 10.6 Å². The van der Waals surface area contributed by atoms with Crippen molar-refractivity contribution in [2.45, 2.75) is 32.2 Å². The molecule has 14 heteroatoms. The smallest absolute Gasteiger partial charge is 0.416 e. The van der Waals surface area contributed by atoms with Crippen LogP contribution in [0.1, 0.15) is 28.8 Å². The Balaban J connectivity index is 0.000000610. The number of nitrogens with zero attached hydrogens (tertiary/aromatic N) is 1. The van der Waals surface area contributed by atoms with Crippen LogP contribution in [0.4, 0.5) is 32.0 Å². The minimum absolute atomic E-state index is 0.0151. The van der Waals surface area contributed by atoms with Crippen LogP contribution in [0, 0.1) is 6.92 Å². The molecule has 0 aliphatic rings. The van der Waals surface area contributed by atoms with Gasteiger partial charge in [-0.05, 0) is 66.1 Å². The molecule has 0 saturated heterocycles. The van der Waals surface area contributed by atoms with Gasteiger partial charge < -0.3 is 15.7 Å². The normalized spacial score (nSPS) is 11.3. The van der Waals surface area contributed by atoms with Gasteiger partial charge in [0.05, 0.1) is 17.5 Å². The zero-order valence-electron chi connectivity index (χ0n) is 23.4. The lowest BCUT2D eigenvalue weighted by atomic mass is 9.92. The van der Waals surface area contributed by atoms with Crippen molar-refractivity contribution in [3.05, 3.63) is 105 Å². The highest BCUT2D eigenvalue weighted by atomic mass is 35.5. The molecule has 3 N–H and O–H groups in total. The third-order valence-corrected chi connectivity index (χ3v) is 6.91. The Bertz CT molecular complexity index is 1610. The lowest BCUT2D eigenvalue weighted by Crippen LogP contribution is -2.17. The number of carbonyl (C=O) groups excluding carboxylic acids is 1. The first-order valence-corrected chi connectivity index (χ1v) is 13.8. The van der Waals surface area contributed by atoms with Crippen LogP contribution in [0.25, 0.3) is 22.3 Å². The Kier molecular flexibility index (Phi) is 11.8. The topological polar surface area (TPSA) is 91.3 Å². The summed E-state index contributed by atoms with van der Waals surface area (Å²) in [5, 5.41) is 14.0. The molecular weight excluding hydrogens is 647 g/mol. The summed E-state index contributed by atoms with van der Waals surface area (Å²) in [4.78, 5) is 23.2. The summed E-state index contributed by atoms with van der Waals surface area (Å²) in [6, 6.07) is 15.5. The maximum Gasteiger partial charge on any atom is 0.416 e. The molecule has 4 rings (SSSR count). The van der Waals surface area contributed by atoms with Gasteiger partial charge in [0.15, 0.2) is 0 Å². The molecular formula is C31H25Cl2F6N3O3. The SMILES string of the molecule is Cc1ccc(-c2cc(C(F)(F)F)cc(C(F)(F)F)c2CNc2ccc(-c3c(Cl)cccc3Cl)cc2)cn1.O=CNCCC(=O)O. The molecule has 0 saturated carbocycles. The summed E-state index contributed by atoms with van der Waals surface area (Å²) in [7, 11) is 0. The van der Waals surface area contributed by atoms with Crippen LogP contribution in [-0.2, 0) is 28.5 Å². The number of hydrogen-bond acceptors (Lipinski definition) is 4. The standard InChI is InChI=1S/C27H18Cl2F6N2.C4H7NO3/c1-15-5-6-17(13-36-15)20-11-18(26(30,31)32)12-22(27(33,34)35)21(20)14-37-19-9-7-16(8-10-19)25-23(28)3-2-4-24(25)29;6-3-5-2-1-4(7)8/h2-13,37H,14H2,1H3;3H,1-2H2,(H,5,6)(H,7,8). The van der Waals surface area contributed by atoms with Crippen LogP contribution in [0.5, 0.6) is 0 Å². The fourth-order valence-electron chi connectivity index (χ4n) is 4.12. The molecule has 6 nitrogen and oxygen atoms in total. The first-order chi connectivity index (χ1) is 21.1. The number of hydrogen-bond donors (Lipinski definition) is 3. The summed E-state index contributed by atoms with van der Waals surface area (Å²) >= 11 is 12.5. The number of alkyl halides is 6. The number of benzene rings is 3. The van der Waals surface area contributed by atoms with Crippen molar-refractivity contribution in [3.8, 4) is 22.3 Å². The van der Waals surface area contributed by atoms with Gasteiger partial charge >= 0.3 is 18.3 Å². The molecule has 1 amide bonds. The Morgan fingerprint density at radius 2 is 1.53 bits per heavy atom. The number of carboxylic acid groups (broad SMARTS) is 1. The molecule has 0 fully saturated rings. The van der Waals surface area contributed by atoms with Crippen molar-refractivity contribution in [2.75, 3.05) is 11.9 Å². The average Bonchev–Trinajstić information content (AvgIpc) is 2.96. The molecule has 4 aromatic rings. The molecule has 0 aliphatic carbocycles. The predicted molar refractivity (Wildman–Crippen MR) is 160 cm³/mol. The summed E-state index contributed by atoms with van der Waals surface area (Å²) in [5.74, 6) is -0.903. The third kappa shape index (κ3) is 9.85. The van der Waals surface area contributed by atoms with E-state index in [9.17, 15) is 35.9 Å². The maximum atomic E-state index is 14.0. The lowest BCUT2D eigenvalue weighted by Gasteiger charge is -2.21. The molecule has 0 bridgehead atoms. The number of aryl methyl sites for hydroxylation is 1. The van der Waals surface area contributed by atoms with Crippen molar-refractivity contribution in [2.24, 2.45) is 0 Å². The van der Waals surface area contributed by atoms with Gasteiger partial charge in [-0.25, -0.2) is 0 Å². The zero-order valence-corrected chi connectivity index (χ0v) is 24.9. The summed E-state index contributed by atoms with van der Waals surface area (Å²) in [6.07, 6.45) is -8.26. The van der Waals surface area contributed by atoms with E-state index in [0.717, 1.165) is 6.07 Å². The summed E-state index contributed by atoms with van der Waals surface area (Å²) in [6.45, 7) is 1.49. The second-order valence-corrected chi connectivity index (χ2v) is 10.3. The van der Waals surface area contributed by atoms with Gasteiger partial charge in [-0.15, -0.1) is 0 Å². The van der Waals surface area contributed by atoms with Gasteiger partial charge in [0.1, 0.15) is 0 Å². The monoisotopic (exact) mass is 671 g/mol. The van der Waals surface area contributed by atoms with Crippen LogP contribution in [0.15, 0.2) is 72.9 Å². The molecule has 1 aromatic heterocycles. The van der Waals surface area contributed by atoms with Crippen LogP contribution in [0.3, 0.4) is 0 Å². The largest absolute Gasteiger partial charge is 0.481 e. The summed E-state index contributed by atoms with van der Waals surface area (Å²) in [5.41, 5.74) is -0.830. The predicted octanol–water partition coefficient (Wildman–Crippen LogP) is 8.89. The van der Waals surface area contributed by atoms with Gasteiger partial charge in [0.2, 0.25) is 6.41 Å². The highest BCUT2D eigenvalue weighted by Gasteiger charge is 2.39. The van der Waals surface area contributed by atoms with E-state index in [2.05, 4.69) is 15.6 Å². The lowest BCUT2D eigenvalue weighted by molar-refractivity contribution is -0.143. The molecule has 238 valence electrons. The fourth-order valence-corrected chi connectivity index (χ4v) is 4.74. The fraction of sp³-hybridized carbons (Fsp3) is 0.194. The average molecular weight is 672 g/mol. The molecule has 0 spiro atoms. The molecule has 0 unspecified atom stereocenters. The number of anilines is 1. The number of nitrogens with one attached hydrogen (secondary N) is 2. The molecule has 1 heterocycles. The number of pyridine rings is 1. The van der Waals surface area contributed by atoms with Crippen LogP contribution in [-0.4, -0.2) is 29.0 Å². The van der Waals surface area contributed by atoms with Crippen molar-refractivity contribution >= 4 is 41.3 Å². The highest BCUT2D eigenvalue weighted by Crippen LogP contribution is 2.42. The first kappa shape index (κ1) is 35.2. The van der Waals surface area contributed by atoms with E-state index >= 15 is 0 Å². The van der Waals surface area contributed by atoms with E-state index in [-0.39, 0.29) is 42.3 Å². The molecule has 3 aromatic carbocycles. The van der Waals surface area contributed by atoms with Crippen molar-refractivity contribution < 1.29 is 41.0 Å². The van der Waals surface area contributed by atoms with E-state index in [4.69, 9.17) is 28.3 Å². The Morgan fingerprint density at radius 1 is 0.911 bits per heavy atom. The minimum Gasteiger partial charge on any atom is -0.481 e. The first-order valence-electron chi connectivity index (χ1n) is 13.0. The van der Waals surface area contributed by atoms with E-state index in [1.165, 1.54) is 18.3 Å². The number of aliphatic carboxylic acids is 1. The second-order valence-electron chi connectivity index (χ2n) is 9.48. The number of amides is 1. The van der Waals surface area contributed by atoms with Crippen LogP contribution >= 0.6 is 23.2 Å². The van der Waals surface area contributed by atoms with E-state index in [0.29, 0.717) is 39.0 Å². The number of rotatable bonds is 9. The van der Waals surface area contributed by atoms with Crippen molar-refractivity contribution in [1.82, 2.24) is 10.3 Å². The van der Waals surface area contributed by atoms with Crippen molar-refractivity contribution in [3.63, 3.8) is 0 Å². The Hall–Kier alpha value is -4.29. The van der Waals surface area contributed by atoms with Gasteiger partial charge in [-0.3, -0.25) is 14.6 Å². The second kappa shape index (κ2) is 15.1. The van der Waals surface area contributed by atoms with E-state index < -0.39 is 29.4 Å². The number of halogens is 8. The van der Waals surface area contributed by atoms with Gasteiger partial charge in [-0.2, -0.15) is 26.3 Å². The highest BCUT2D eigenvalue weighted by molar-refractivity contribution is 6.39. The Labute approximate surface area is 264 Å². The molecule has 0 radical (unpaired) electrons. The molecule has 0 atom stereocenters. The molecule has 0 aliphatic heterocycles. The summed E-state index contributed by atoms with van der Waals surface area (Å²) < 4.78 is 82.5. The molecule has 45 heavy (non-hydrogen) atoms. The maximum absolute atomic E-state index is 14.0. The van der Waals surface area contributed by atoms with Gasteiger partial charge in [0, 0.05) is 51.8 Å². The minimum atomic E-state index is -5.02. The number of aromatic nitrogens is 1.